The smallest absolute Gasteiger partial charge is 0.399 e. The summed E-state index contributed by atoms with van der Waals surface area (Å²) >= 11 is 2.30. The molecule has 25 heavy (non-hydrogen) atoms. The molecule has 3 rings (SSSR count). The first-order valence-corrected chi connectivity index (χ1v) is 9.62. The van der Waals surface area contributed by atoms with E-state index >= 15 is 0 Å². The molecule has 0 radical (unpaired) electrons. The third kappa shape index (κ3) is 3.17. The zero-order valence-corrected chi connectivity index (χ0v) is 18.1. The molecule has 4 nitrogen and oxygen atoms in total. The van der Waals surface area contributed by atoms with Crippen molar-refractivity contribution in [3.8, 4) is 0 Å². The Hall–Kier alpha value is -0.855. The van der Waals surface area contributed by atoms with E-state index in [2.05, 4.69) is 34.7 Å². The monoisotopic (exact) mass is 453 g/mol. The molecule has 6 heteroatoms. The van der Waals surface area contributed by atoms with Crippen LogP contribution >= 0.6 is 22.6 Å². The maximum Gasteiger partial charge on any atom is 0.497 e. The number of carbonyl (C=O) groups is 1. The number of rotatable bonds is 1. The summed E-state index contributed by atoms with van der Waals surface area (Å²) in [6, 6.07) is 6.12. The molecule has 0 bridgehead atoms. The summed E-state index contributed by atoms with van der Waals surface area (Å²) in [6.07, 6.45) is 1.85. The van der Waals surface area contributed by atoms with Crippen LogP contribution in [-0.2, 0) is 9.31 Å². The van der Waals surface area contributed by atoms with E-state index in [4.69, 9.17) is 9.31 Å². The summed E-state index contributed by atoms with van der Waals surface area (Å²) in [6.45, 7) is 14.0. The van der Waals surface area contributed by atoms with Gasteiger partial charge in [0.1, 0.15) is 0 Å². The van der Waals surface area contributed by atoms with E-state index < -0.39 is 23.7 Å². The summed E-state index contributed by atoms with van der Waals surface area (Å²) in [5.74, 6) is 0.0569. The van der Waals surface area contributed by atoms with Gasteiger partial charge in [0.25, 0.3) is 0 Å². The molecule has 0 unspecified atom stereocenters. The van der Waals surface area contributed by atoms with Gasteiger partial charge in [-0.05, 0) is 68.5 Å². The van der Waals surface area contributed by atoms with Crippen molar-refractivity contribution in [2.45, 2.75) is 59.7 Å². The first-order valence-electron chi connectivity index (χ1n) is 8.54. The molecule has 0 N–H and O–H groups in total. The molecule has 1 aliphatic rings. The Labute approximate surface area is 163 Å². The lowest BCUT2D eigenvalue weighted by molar-refractivity contribution is 0.00578. The van der Waals surface area contributed by atoms with Crippen LogP contribution in [-0.4, -0.2) is 28.8 Å². The zero-order chi connectivity index (χ0) is 18.8. The number of nitrogens with zero attached hydrogens (tertiary/aromatic N) is 1. The minimum atomic E-state index is -0.497. The molecular weight excluding hydrogens is 428 g/mol. The molecule has 2 aromatic rings. The molecule has 2 heterocycles. The van der Waals surface area contributed by atoms with Crippen molar-refractivity contribution in [2.24, 2.45) is 5.41 Å². The molecule has 0 amide bonds. The van der Waals surface area contributed by atoms with Crippen molar-refractivity contribution in [1.82, 2.24) is 4.57 Å². The molecule has 134 valence electrons. The van der Waals surface area contributed by atoms with Crippen LogP contribution in [0, 0.1) is 8.99 Å². The lowest BCUT2D eigenvalue weighted by Gasteiger charge is -2.32. The van der Waals surface area contributed by atoms with Gasteiger partial charge in [-0.3, -0.25) is 9.36 Å². The SMILES string of the molecule is CC(C)(C)C(=O)n1ccc2cc(I)cc(B3OC(C)(C)C(C)(C)O3)c21. The number of halogens is 1. The fourth-order valence-corrected chi connectivity index (χ4v) is 3.63. The van der Waals surface area contributed by atoms with Crippen molar-refractivity contribution >= 4 is 52.0 Å². The van der Waals surface area contributed by atoms with Crippen LogP contribution in [0.3, 0.4) is 0 Å². The van der Waals surface area contributed by atoms with Crippen LogP contribution < -0.4 is 5.46 Å². The lowest BCUT2D eigenvalue weighted by atomic mass is 9.77. The first-order chi connectivity index (χ1) is 11.3. The van der Waals surface area contributed by atoms with E-state index in [-0.39, 0.29) is 5.91 Å². The number of hydrogen-bond donors (Lipinski definition) is 0. The van der Waals surface area contributed by atoms with Gasteiger partial charge >= 0.3 is 7.12 Å². The fraction of sp³-hybridized carbons (Fsp3) is 0.526. The maximum absolute atomic E-state index is 12.9. The standard InChI is InChI=1S/C19H25BINO3/c1-17(2,3)16(23)22-9-8-12-10-13(21)11-14(15(12)22)20-24-18(4,5)19(6,7)25-20/h8-11H,1-7H3. The van der Waals surface area contributed by atoms with Crippen LogP contribution in [0.4, 0.5) is 0 Å². The third-order valence-electron chi connectivity index (χ3n) is 5.15. The van der Waals surface area contributed by atoms with Gasteiger partial charge in [0, 0.05) is 26.0 Å². The van der Waals surface area contributed by atoms with Crippen molar-refractivity contribution in [3.05, 3.63) is 28.0 Å². The normalized spacial score (nSPS) is 19.6. The molecule has 1 aromatic carbocycles. The van der Waals surface area contributed by atoms with Crippen LogP contribution in [0.2, 0.25) is 0 Å². The largest absolute Gasteiger partial charge is 0.497 e. The molecule has 1 fully saturated rings. The van der Waals surface area contributed by atoms with E-state index in [1.54, 1.807) is 4.57 Å². The quantitative estimate of drug-likeness (QED) is 0.480. The Morgan fingerprint density at radius 3 is 2.20 bits per heavy atom. The highest BCUT2D eigenvalue weighted by molar-refractivity contribution is 14.1. The summed E-state index contributed by atoms with van der Waals surface area (Å²) in [7, 11) is -0.497. The van der Waals surface area contributed by atoms with Crippen LogP contribution in [0.25, 0.3) is 10.9 Å². The predicted octanol–water partition coefficient (Wildman–Crippen LogP) is 4.23. The van der Waals surface area contributed by atoms with E-state index in [0.717, 1.165) is 19.9 Å². The van der Waals surface area contributed by atoms with Crippen molar-refractivity contribution < 1.29 is 14.1 Å². The Kier molecular flexibility index (Phi) is 4.41. The minimum absolute atomic E-state index is 0.0569. The fourth-order valence-electron chi connectivity index (χ4n) is 2.96. The Bertz CT molecular complexity index is 832. The predicted molar refractivity (Wildman–Crippen MR) is 110 cm³/mol. The van der Waals surface area contributed by atoms with Crippen LogP contribution in [0.1, 0.15) is 53.3 Å². The highest BCUT2D eigenvalue weighted by Crippen LogP contribution is 2.37. The van der Waals surface area contributed by atoms with Gasteiger partial charge in [-0.25, -0.2) is 0 Å². The molecule has 0 atom stereocenters. The molecule has 1 aromatic heterocycles. The van der Waals surface area contributed by atoms with E-state index in [1.165, 1.54) is 0 Å². The Morgan fingerprint density at radius 2 is 1.68 bits per heavy atom. The van der Waals surface area contributed by atoms with Crippen LogP contribution in [0.5, 0.6) is 0 Å². The highest BCUT2D eigenvalue weighted by Gasteiger charge is 2.52. The average Bonchev–Trinajstić information content (AvgIpc) is 2.94. The number of aromatic nitrogens is 1. The molecule has 1 aliphatic heterocycles. The summed E-state index contributed by atoms with van der Waals surface area (Å²) in [5, 5.41) is 1.02. The summed E-state index contributed by atoms with van der Waals surface area (Å²) in [5.41, 5.74) is 0.470. The average molecular weight is 453 g/mol. The third-order valence-corrected chi connectivity index (χ3v) is 5.77. The van der Waals surface area contributed by atoms with Gasteiger partial charge in [0.2, 0.25) is 5.91 Å². The van der Waals surface area contributed by atoms with Crippen molar-refractivity contribution in [1.29, 1.82) is 0 Å². The first kappa shape index (κ1) is 18.9. The van der Waals surface area contributed by atoms with Crippen molar-refractivity contribution in [3.63, 3.8) is 0 Å². The molecule has 0 spiro atoms. The van der Waals surface area contributed by atoms with Gasteiger partial charge in [-0.2, -0.15) is 0 Å². The zero-order valence-electron chi connectivity index (χ0n) is 15.9. The second kappa shape index (κ2) is 5.82. The van der Waals surface area contributed by atoms with Gasteiger partial charge in [0.15, 0.2) is 0 Å². The molecule has 0 aliphatic carbocycles. The van der Waals surface area contributed by atoms with Gasteiger partial charge in [0.05, 0.1) is 16.7 Å². The second-order valence-electron chi connectivity index (χ2n) is 8.76. The van der Waals surface area contributed by atoms with Crippen LogP contribution in [0.15, 0.2) is 24.4 Å². The maximum atomic E-state index is 12.9. The summed E-state index contributed by atoms with van der Waals surface area (Å²) in [4.78, 5) is 12.9. The number of carbonyl (C=O) groups excluding carboxylic acids is 1. The van der Waals surface area contributed by atoms with E-state index in [0.29, 0.717) is 0 Å². The Balaban J connectivity index is 2.19. The number of fused-ring (bicyclic) bond motifs is 1. The number of benzene rings is 1. The van der Waals surface area contributed by atoms with Gasteiger partial charge in [-0.1, -0.05) is 20.8 Å². The number of hydrogen-bond acceptors (Lipinski definition) is 3. The lowest BCUT2D eigenvalue weighted by Crippen LogP contribution is -2.41. The molecule has 0 saturated carbocycles. The van der Waals surface area contributed by atoms with E-state index in [1.807, 2.05) is 60.7 Å². The molecule has 1 saturated heterocycles. The van der Waals surface area contributed by atoms with Gasteiger partial charge < -0.3 is 9.31 Å². The topological polar surface area (TPSA) is 40.5 Å². The minimum Gasteiger partial charge on any atom is -0.399 e. The van der Waals surface area contributed by atoms with Crippen molar-refractivity contribution in [2.75, 3.05) is 0 Å². The molecular formula is C19H25BINO3. The highest BCUT2D eigenvalue weighted by atomic mass is 127. The van der Waals surface area contributed by atoms with E-state index in [9.17, 15) is 4.79 Å². The Morgan fingerprint density at radius 1 is 1.12 bits per heavy atom. The van der Waals surface area contributed by atoms with Gasteiger partial charge in [-0.15, -0.1) is 0 Å². The summed E-state index contributed by atoms with van der Waals surface area (Å²) < 4.78 is 15.3. The second-order valence-corrected chi connectivity index (χ2v) is 10.0.